The number of aliphatic imine (C=N–C) groups is 1. The smallest absolute Gasteiger partial charge is 0.422 e. The van der Waals surface area contributed by atoms with Crippen molar-refractivity contribution in [2.45, 2.75) is 38.5 Å². The van der Waals surface area contributed by atoms with Crippen molar-refractivity contribution in [2.75, 3.05) is 46.5 Å². The fraction of sp³-hybridized carbons (Fsp3) is 0.650. The number of methoxy groups -OCH3 is 1. The molecule has 164 valence electrons. The molecule has 0 saturated heterocycles. The first-order valence-electron chi connectivity index (χ1n) is 9.95. The Morgan fingerprint density at radius 3 is 2.48 bits per heavy atom. The van der Waals surface area contributed by atoms with Crippen LogP contribution in [0.15, 0.2) is 29.3 Å². The van der Waals surface area contributed by atoms with Gasteiger partial charge in [0, 0.05) is 39.3 Å². The quantitative estimate of drug-likeness (QED) is 0.405. The number of hydrogen-bond donors (Lipinski definition) is 2. The zero-order chi connectivity index (χ0) is 21.1. The van der Waals surface area contributed by atoms with Crippen LogP contribution in [-0.2, 0) is 11.3 Å². The zero-order valence-corrected chi connectivity index (χ0v) is 17.1. The van der Waals surface area contributed by atoms with Crippen LogP contribution < -0.4 is 15.4 Å². The van der Waals surface area contributed by atoms with Gasteiger partial charge in [0.2, 0.25) is 0 Å². The molecule has 1 aliphatic rings. The first kappa shape index (κ1) is 23.3. The van der Waals surface area contributed by atoms with Gasteiger partial charge in [-0.1, -0.05) is 12.1 Å². The van der Waals surface area contributed by atoms with Gasteiger partial charge in [-0.15, -0.1) is 0 Å². The van der Waals surface area contributed by atoms with Crippen LogP contribution in [0.25, 0.3) is 0 Å². The second kappa shape index (κ2) is 11.9. The van der Waals surface area contributed by atoms with Gasteiger partial charge in [0.1, 0.15) is 5.75 Å². The predicted octanol–water partition coefficient (Wildman–Crippen LogP) is 2.79. The number of nitrogens with zero attached hydrogens (tertiary/aromatic N) is 2. The number of benzene rings is 1. The Kier molecular flexibility index (Phi) is 9.53. The molecular weight excluding hydrogens is 385 g/mol. The van der Waals surface area contributed by atoms with Gasteiger partial charge in [-0.25, -0.2) is 4.99 Å². The molecule has 1 saturated carbocycles. The summed E-state index contributed by atoms with van der Waals surface area (Å²) in [4.78, 5) is 6.98. The Morgan fingerprint density at radius 2 is 1.90 bits per heavy atom. The summed E-state index contributed by atoms with van der Waals surface area (Å²) >= 11 is 0. The Bertz CT molecular complexity index is 619. The maximum Gasteiger partial charge on any atom is 0.422 e. The number of nitrogens with one attached hydrogen (secondary N) is 2. The number of hydrogen-bond acceptors (Lipinski definition) is 4. The number of alkyl halides is 3. The highest BCUT2D eigenvalue weighted by Crippen LogP contribution is 2.26. The van der Waals surface area contributed by atoms with Gasteiger partial charge in [-0.2, -0.15) is 13.2 Å². The number of halogens is 3. The van der Waals surface area contributed by atoms with Gasteiger partial charge in [-0.3, -0.25) is 4.90 Å². The molecule has 1 aliphatic carbocycles. The molecule has 1 aromatic carbocycles. The van der Waals surface area contributed by atoms with Gasteiger partial charge < -0.3 is 20.1 Å². The SMILES string of the molecule is CCNC(=NCc1ccc(OCC(F)(F)F)cc1)NCCN(CCOC)C1CC1. The molecule has 0 atom stereocenters. The van der Waals surface area contributed by atoms with Crippen LogP contribution in [0.1, 0.15) is 25.3 Å². The van der Waals surface area contributed by atoms with Crippen LogP contribution in [0.3, 0.4) is 0 Å². The van der Waals surface area contributed by atoms with Crippen molar-refractivity contribution in [1.82, 2.24) is 15.5 Å². The van der Waals surface area contributed by atoms with E-state index in [0.29, 0.717) is 18.5 Å². The van der Waals surface area contributed by atoms with E-state index in [1.807, 2.05) is 6.92 Å². The van der Waals surface area contributed by atoms with E-state index in [2.05, 4.69) is 20.5 Å². The normalized spacial score (nSPS) is 14.9. The molecule has 0 aromatic heterocycles. The molecule has 0 bridgehead atoms. The van der Waals surface area contributed by atoms with Gasteiger partial charge in [-0.05, 0) is 37.5 Å². The maximum absolute atomic E-state index is 12.2. The summed E-state index contributed by atoms with van der Waals surface area (Å²) in [5.41, 5.74) is 0.890. The molecule has 1 aromatic rings. The fourth-order valence-corrected chi connectivity index (χ4v) is 2.81. The highest BCUT2D eigenvalue weighted by Gasteiger charge is 2.28. The van der Waals surface area contributed by atoms with E-state index in [1.165, 1.54) is 25.0 Å². The summed E-state index contributed by atoms with van der Waals surface area (Å²) < 4.78 is 46.5. The molecule has 0 amide bonds. The van der Waals surface area contributed by atoms with Gasteiger partial charge in [0.25, 0.3) is 0 Å². The molecule has 0 radical (unpaired) electrons. The molecule has 0 aliphatic heterocycles. The number of rotatable bonds is 12. The molecule has 0 spiro atoms. The van der Waals surface area contributed by atoms with Gasteiger partial charge in [0.15, 0.2) is 12.6 Å². The third-order valence-electron chi connectivity index (χ3n) is 4.43. The van der Waals surface area contributed by atoms with Gasteiger partial charge >= 0.3 is 6.18 Å². The molecule has 0 unspecified atom stereocenters. The van der Waals surface area contributed by atoms with Crippen molar-refractivity contribution in [3.63, 3.8) is 0 Å². The third kappa shape index (κ3) is 9.85. The van der Waals surface area contributed by atoms with E-state index >= 15 is 0 Å². The molecular formula is C20H31F3N4O2. The summed E-state index contributed by atoms with van der Waals surface area (Å²) in [6, 6.07) is 7.17. The molecule has 29 heavy (non-hydrogen) atoms. The lowest BCUT2D eigenvalue weighted by Crippen LogP contribution is -2.42. The molecule has 9 heteroatoms. The van der Waals surface area contributed by atoms with Crippen molar-refractivity contribution in [2.24, 2.45) is 4.99 Å². The highest BCUT2D eigenvalue weighted by atomic mass is 19.4. The van der Waals surface area contributed by atoms with Crippen LogP contribution in [0.5, 0.6) is 5.75 Å². The molecule has 2 rings (SSSR count). The van der Waals surface area contributed by atoms with Crippen LogP contribution in [0.2, 0.25) is 0 Å². The lowest BCUT2D eigenvalue weighted by molar-refractivity contribution is -0.153. The summed E-state index contributed by atoms with van der Waals surface area (Å²) in [7, 11) is 1.72. The largest absolute Gasteiger partial charge is 0.484 e. The average Bonchev–Trinajstić information content (AvgIpc) is 3.52. The summed E-state index contributed by atoms with van der Waals surface area (Å²) in [5, 5.41) is 6.54. The maximum atomic E-state index is 12.2. The van der Waals surface area contributed by atoms with E-state index in [4.69, 9.17) is 9.47 Å². The van der Waals surface area contributed by atoms with E-state index in [9.17, 15) is 13.2 Å². The number of ether oxygens (including phenoxy) is 2. The van der Waals surface area contributed by atoms with Crippen molar-refractivity contribution in [3.8, 4) is 5.75 Å². The average molecular weight is 416 g/mol. The van der Waals surface area contributed by atoms with Crippen LogP contribution in [-0.4, -0.2) is 69.6 Å². The summed E-state index contributed by atoms with van der Waals surface area (Å²) in [5.74, 6) is 0.906. The Hall–Kier alpha value is -2.00. The molecule has 2 N–H and O–H groups in total. The monoisotopic (exact) mass is 416 g/mol. The first-order valence-corrected chi connectivity index (χ1v) is 9.95. The van der Waals surface area contributed by atoms with Crippen molar-refractivity contribution in [3.05, 3.63) is 29.8 Å². The van der Waals surface area contributed by atoms with E-state index in [1.54, 1.807) is 19.2 Å². The Labute approximate surface area is 170 Å². The lowest BCUT2D eigenvalue weighted by Gasteiger charge is -2.22. The van der Waals surface area contributed by atoms with E-state index in [-0.39, 0.29) is 5.75 Å². The second-order valence-corrected chi connectivity index (χ2v) is 6.93. The fourth-order valence-electron chi connectivity index (χ4n) is 2.81. The Morgan fingerprint density at radius 1 is 1.17 bits per heavy atom. The number of guanidine groups is 1. The molecule has 6 nitrogen and oxygen atoms in total. The standard InChI is InChI=1S/C20H31F3N4O2/c1-3-24-19(25-10-11-27(12-13-28-2)17-6-7-17)26-14-16-4-8-18(9-5-16)29-15-20(21,22)23/h4-5,8-9,17H,3,6-7,10-15H2,1-2H3,(H2,24,25,26). The minimum absolute atomic E-state index is 0.191. The minimum Gasteiger partial charge on any atom is -0.484 e. The summed E-state index contributed by atoms with van der Waals surface area (Å²) in [6.45, 7) is 5.23. The van der Waals surface area contributed by atoms with Crippen molar-refractivity contribution >= 4 is 5.96 Å². The van der Waals surface area contributed by atoms with E-state index in [0.717, 1.165) is 38.3 Å². The summed E-state index contributed by atoms with van der Waals surface area (Å²) in [6.07, 6.45) is -1.84. The van der Waals surface area contributed by atoms with Crippen LogP contribution in [0.4, 0.5) is 13.2 Å². The van der Waals surface area contributed by atoms with Crippen molar-refractivity contribution in [1.29, 1.82) is 0 Å². The Balaban J connectivity index is 1.80. The predicted molar refractivity (Wildman–Crippen MR) is 107 cm³/mol. The van der Waals surface area contributed by atoms with E-state index < -0.39 is 12.8 Å². The third-order valence-corrected chi connectivity index (χ3v) is 4.43. The van der Waals surface area contributed by atoms with Gasteiger partial charge in [0.05, 0.1) is 13.2 Å². The second-order valence-electron chi connectivity index (χ2n) is 6.93. The zero-order valence-electron chi connectivity index (χ0n) is 17.1. The van der Waals surface area contributed by atoms with Crippen molar-refractivity contribution < 1.29 is 22.6 Å². The topological polar surface area (TPSA) is 58.1 Å². The van der Waals surface area contributed by atoms with Crippen LogP contribution in [0, 0.1) is 0 Å². The van der Waals surface area contributed by atoms with Crippen LogP contribution >= 0.6 is 0 Å². The molecule has 1 fully saturated rings. The lowest BCUT2D eigenvalue weighted by atomic mass is 10.2. The molecule has 0 heterocycles. The minimum atomic E-state index is -4.34. The highest BCUT2D eigenvalue weighted by molar-refractivity contribution is 5.79. The first-order chi connectivity index (χ1) is 13.9.